The molecule has 0 aromatic heterocycles. The third kappa shape index (κ3) is 3.16. The van der Waals surface area contributed by atoms with Gasteiger partial charge in [-0.05, 0) is 38.6 Å². The summed E-state index contributed by atoms with van der Waals surface area (Å²) >= 11 is 0. The number of hydrogen-bond acceptors (Lipinski definition) is 3. The van der Waals surface area contributed by atoms with Gasteiger partial charge in [-0.3, -0.25) is 4.90 Å². The molecular weight excluding hydrogens is 188 g/mol. The average molecular weight is 214 g/mol. The quantitative estimate of drug-likeness (QED) is 0.695. The molecule has 0 bridgehead atoms. The van der Waals surface area contributed by atoms with E-state index < -0.39 is 0 Å². The first-order chi connectivity index (χ1) is 6.99. The van der Waals surface area contributed by atoms with Crippen molar-refractivity contribution in [1.82, 2.24) is 4.90 Å². The standard InChI is InChI=1S/C12H26N2O/c1-8(2)12(13)11(7-15)14(4)9(3)10-5-6-10/h8-12,15H,5-7,13H2,1-4H3. The second-order valence-electron chi connectivity index (χ2n) is 5.31. The predicted molar refractivity (Wildman–Crippen MR) is 63.6 cm³/mol. The van der Waals surface area contributed by atoms with Crippen molar-refractivity contribution in [3.63, 3.8) is 0 Å². The van der Waals surface area contributed by atoms with Gasteiger partial charge in [0.25, 0.3) is 0 Å². The van der Waals surface area contributed by atoms with Crippen LogP contribution in [0.3, 0.4) is 0 Å². The first-order valence-electron chi connectivity index (χ1n) is 6.07. The van der Waals surface area contributed by atoms with Crippen LogP contribution in [0.5, 0.6) is 0 Å². The molecule has 0 aliphatic heterocycles. The smallest absolute Gasteiger partial charge is 0.0602 e. The molecule has 1 aliphatic carbocycles. The van der Waals surface area contributed by atoms with Crippen LogP contribution >= 0.6 is 0 Å². The highest BCUT2D eigenvalue weighted by Crippen LogP contribution is 2.35. The van der Waals surface area contributed by atoms with Gasteiger partial charge >= 0.3 is 0 Å². The van der Waals surface area contributed by atoms with Crippen LogP contribution in [0.25, 0.3) is 0 Å². The van der Waals surface area contributed by atoms with Crippen molar-refractivity contribution in [2.24, 2.45) is 17.6 Å². The number of nitrogens with two attached hydrogens (primary N) is 1. The van der Waals surface area contributed by atoms with Crippen LogP contribution < -0.4 is 5.73 Å². The van der Waals surface area contributed by atoms with E-state index in [9.17, 15) is 5.11 Å². The van der Waals surface area contributed by atoms with E-state index in [4.69, 9.17) is 5.73 Å². The van der Waals surface area contributed by atoms with E-state index in [0.29, 0.717) is 12.0 Å². The van der Waals surface area contributed by atoms with E-state index in [0.717, 1.165) is 5.92 Å². The molecule has 3 atom stereocenters. The molecular formula is C12H26N2O. The first kappa shape index (κ1) is 12.9. The highest BCUT2D eigenvalue weighted by molar-refractivity contribution is 4.90. The summed E-state index contributed by atoms with van der Waals surface area (Å²) in [6.45, 7) is 6.63. The SMILES string of the molecule is CC(C)C(N)C(CO)N(C)C(C)C1CC1. The molecule has 1 saturated carbocycles. The maximum Gasteiger partial charge on any atom is 0.0602 e. The van der Waals surface area contributed by atoms with E-state index in [2.05, 4.69) is 32.7 Å². The van der Waals surface area contributed by atoms with Crippen LogP contribution in [0, 0.1) is 11.8 Å². The number of aliphatic hydroxyl groups excluding tert-OH is 1. The fourth-order valence-corrected chi connectivity index (χ4v) is 2.18. The largest absolute Gasteiger partial charge is 0.395 e. The van der Waals surface area contributed by atoms with Gasteiger partial charge in [-0.1, -0.05) is 13.8 Å². The molecule has 0 radical (unpaired) electrons. The van der Waals surface area contributed by atoms with E-state index in [1.54, 1.807) is 0 Å². The van der Waals surface area contributed by atoms with Gasteiger partial charge in [0.15, 0.2) is 0 Å². The van der Waals surface area contributed by atoms with Crippen LogP contribution in [0.2, 0.25) is 0 Å². The van der Waals surface area contributed by atoms with Crippen LogP contribution in [-0.2, 0) is 0 Å². The van der Waals surface area contributed by atoms with Crippen molar-refractivity contribution in [2.45, 2.75) is 51.7 Å². The number of aliphatic hydroxyl groups is 1. The fourth-order valence-electron chi connectivity index (χ4n) is 2.18. The lowest BCUT2D eigenvalue weighted by atomic mass is 9.95. The summed E-state index contributed by atoms with van der Waals surface area (Å²) in [6.07, 6.45) is 2.67. The summed E-state index contributed by atoms with van der Waals surface area (Å²) in [5.41, 5.74) is 6.13. The van der Waals surface area contributed by atoms with Gasteiger partial charge in [0.2, 0.25) is 0 Å². The summed E-state index contributed by atoms with van der Waals surface area (Å²) in [5, 5.41) is 9.45. The van der Waals surface area contributed by atoms with Crippen molar-refractivity contribution >= 4 is 0 Å². The Morgan fingerprint density at radius 2 is 1.87 bits per heavy atom. The monoisotopic (exact) mass is 214 g/mol. The summed E-state index contributed by atoms with van der Waals surface area (Å²) in [7, 11) is 2.09. The van der Waals surface area contributed by atoms with Gasteiger partial charge in [-0.25, -0.2) is 0 Å². The summed E-state index contributed by atoms with van der Waals surface area (Å²) in [4.78, 5) is 2.27. The Morgan fingerprint density at radius 3 is 2.20 bits per heavy atom. The van der Waals surface area contributed by atoms with Crippen LogP contribution in [-0.4, -0.2) is 41.8 Å². The lowest BCUT2D eigenvalue weighted by Gasteiger charge is -2.37. The van der Waals surface area contributed by atoms with E-state index in [1.807, 2.05) is 0 Å². The van der Waals surface area contributed by atoms with Gasteiger partial charge in [-0.15, -0.1) is 0 Å². The molecule has 3 N–H and O–H groups in total. The lowest BCUT2D eigenvalue weighted by molar-refractivity contribution is 0.0774. The Hall–Kier alpha value is -0.120. The number of rotatable bonds is 6. The fraction of sp³-hybridized carbons (Fsp3) is 1.00. The molecule has 3 unspecified atom stereocenters. The zero-order chi connectivity index (χ0) is 11.6. The van der Waals surface area contributed by atoms with Gasteiger partial charge in [0.05, 0.1) is 6.61 Å². The van der Waals surface area contributed by atoms with Crippen LogP contribution in [0.1, 0.15) is 33.6 Å². The van der Waals surface area contributed by atoms with E-state index in [-0.39, 0.29) is 18.7 Å². The van der Waals surface area contributed by atoms with Crippen molar-refractivity contribution in [2.75, 3.05) is 13.7 Å². The van der Waals surface area contributed by atoms with Crippen molar-refractivity contribution in [3.05, 3.63) is 0 Å². The zero-order valence-electron chi connectivity index (χ0n) is 10.5. The first-order valence-corrected chi connectivity index (χ1v) is 6.07. The molecule has 90 valence electrons. The van der Waals surface area contributed by atoms with E-state index in [1.165, 1.54) is 12.8 Å². The van der Waals surface area contributed by atoms with Crippen LogP contribution in [0.15, 0.2) is 0 Å². The topological polar surface area (TPSA) is 49.5 Å². The summed E-state index contributed by atoms with van der Waals surface area (Å²) in [5.74, 6) is 1.24. The average Bonchev–Trinajstić information content (AvgIpc) is 3.00. The Balaban J connectivity index is 2.55. The maximum atomic E-state index is 9.45. The summed E-state index contributed by atoms with van der Waals surface area (Å²) < 4.78 is 0. The highest BCUT2D eigenvalue weighted by atomic mass is 16.3. The molecule has 15 heavy (non-hydrogen) atoms. The molecule has 1 rings (SSSR count). The molecule has 3 nitrogen and oxygen atoms in total. The van der Waals surface area contributed by atoms with Crippen molar-refractivity contribution < 1.29 is 5.11 Å². The van der Waals surface area contributed by atoms with Crippen molar-refractivity contribution in [1.29, 1.82) is 0 Å². The van der Waals surface area contributed by atoms with E-state index >= 15 is 0 Å². The van der Waals surface area contributed by atoms with Gasteiger partial charge in [0.1, 0.15) is 0 Å². The summed E-state index contributed by atoms with van der Waals surface area (Å²) in [6, 6.07) is 0.703. The Morgan fingerprint density at radius 1 is 1.33 bits per heavy atom. The minimum atomic E-state index is 0.0567. The normalized spacial score (nSPS) is 23.2. The maximum absolute atomic E-state index is 9.45. The molecule has 0 saturated heterocycles. The zero-order valence-corrected chi connectivity index (χ0v) is 10.5. The molecule has 0 aromatic carbocycles. The number of nitrogens with zero attached hydrogens (tertiary/aromatic N) is 1. The Kier molecular flexibility index (Phi) is 4.56. The van der Waals surface area contributed by atoms with Crippen LogP contribution in [0.4, 0.5) is 0 Å². The van der Waals surface area contributed by atoms with Gasteiger partial charge in [-0.2, -0.15) is 0 Å². The predicted octanol–water partition coefficient (Wildman–Crippen LogP) is 1.06. The van der Waals surface area contributed by atoms with Crippen molar-refractivity contribution in [3.8, 4) is 0 Å². The lowest BCUT2D eigenvalue weighted by Crippen LogP contribution is -2.54. The molecule has 0 aromatic rings. The second kappa shape index (κ2) is 5.28. The van der Waals surface area contributed by atoms with Gasteiger partial charge in [0, 0.05) is 18.1 Å². The third-order valence-electron chi connectivity index (χ3n) is 3.87. The molecule has 1 fully saturated rings. The minimum Gasteiger partial charge on any atom is -0.395 e. The Bertz CT molecular complexity index is 192. The Labute approximate surface area is 93.6 Å². The minimum absolute atomic E-state index is 0.0567. The molecule has 3 heteroatoms. The second-order valence-corrected chi connectivity index (χ2v) is 5.31. The molecule has 1 aliphatic rings. The molecule has 0 heterocycles. The number of likely N-dealkylation sites (N-methyl/N-ethyl adjacent to an activating group) is 1. The third-order valence-corrected chi connectivity index (χ3v) is 3.87. The highest BCUT2D eigenvalue weighted by Gasteiger charge is 2.35. The number of hydrogen-bond donors (Lipinski definition) is 2. The van der Waals surface area contributed by atoms with Gasteiger partial charge < -0.3 is 10.8 Å². The molecule has 0 spiro atoms. The molecule has 0 amide bonds.